The first kappa shape index (κ1) is 16.6. The van der Waals surface area contributed by atoms with E-state index in [-0.39, 0.29) is 0 Å². The Morgan fingerprint density at radius 2 is 1.97 bits per heavy atom. The normalized spacial score (nSPS) is 14.3. The van der Waals surface area contributed by atoms with E-state index < -0.39 is 0 Å². The molecule has 0 amide bonds. The van der Waals surface area contributed by atoms with Gasteiger partial charge in [0.1, 0.15) is 17.2 Å². The summed E-state index contributed by atoms with van der Waals surface area (Å²) < 4.78 is 5.07. The molecule has 5 aromatic rings. The zero-order chi connectivity index (χ0) is 19.9. The number of hydrazine groups is 2. The maximum absolute atomic E-state index is 5.07. The van der Waals surface area contributed by atoms with Gasteiger partial charge in [-0.2, -0.15) is 5.10 Å². The smallest absolute Gasteiger partial charge is 0.226 e. The molecule has 3 N–H and O–H groups in total. The molecule has 30 heavy (non-hydrogen) atoms. The minimum Gasteiger partial charge on any atom is -0.347 e. The highest BCUT2D eigenvalue weighted by atomic mass is 32.1. The summed E-state index contributed by atoms with van der Waals surface area (Å²) in [5, 5.41) is 23.3. The number of nitrogens with zero attached hydrogens (tertiary/aromatic N) is 8. The number of hydrogen-bond donors (Lipinski definition) is 3. The van der Waals surface area contributed by atoms with Crippen LogP contribution in [0.1, 0.15) is 11.5 Å². The van der Waals surface area contributed by atoms with E-state index in [1.807, 2.05) is 44.9 Å². The van der Waals surface area contributed by atoms with Crippen LogP contribution in [0, 0.1) is 0 Å². The van der Waals surface area contributed by atoms with Crippen LogP contribution in [0.15, 0.2) is 65.3 Å². The molecule has 6 heterocycles. The van der Waals surface area contributed by atoms with Crippen LogP contribution in [-0.2, 0) is 0 Å². The SMILES string of the molecule is c1c[nH]c(N2C(c3ncc[nH]3)=C(c3ccn[nH]3)N(c3conn3)N2c2nccs2)c1. The largest absolute Gasteiger partial charge is 0.347 e. The van der Waals surface area contributed by atoms with Gasteiger partial charge in [-0.15, -0.1) is 16.5 Å². The van der Waals surface area contributed by atoms with Gasteiger partial charge in [0.15, 0.2) is 12.1 Å². The topological polar surface area (TPSA) is 135 Å². The van der Waals surface area contributed by atoms with Crippen molar-refractivity contribution in [1.82, 2.24) is 40.5 Å². The lowest BCUT2D eigenvalue weighted by molar-refractivity contribution is 0.393. The van der Waals surface area contributed by atoms with Crippen LogP contribution in [0.3, 0.4) is 0 Å². The van der Waals surface area contributed by atoms with Crippen molar-refractivity contribution in [2.75, 3.05) is 15.1 Å². The molecule has 0 saturated heterocycles. The first-order chi connectivity index (χ1) is 14.9. The zero-order valence-corrected chi connectivity index (χ0v) is 16.0. The second-order valence-corrected chi connectivity index (χ2v) is 7.02. The molecule has 0 fully saturated rings. The fraction of sp³-hybridized carbons (Fsp3) is 0. The van der Waals surface area contributed by atoms with Crippen LogP contribution in [0.5, 0.6) is 0 Å². The van der Waals surface area contributed by atoms with E-state index in [2.05, 4.69) is 40.5 Å². The third kappa shape index (κ3) is 2.42. The Morgan fingerprint density at radius 3 is 2.63 bits per heavy atom. The van der Waals surface area contributed by atoms with Crippen molar-refractivity contribution in [3.8, 4) is 0 Å². The first-order valence-corrected chi connectivity index (χ1v) is 9.73. The molecule has 12 nitrogen and oxygen atoms in total. The van der Waals surface area contributed by atoms with Gasteiger partial charge in [-0.3, -0.25) is 5.10 Å². The Kier molecular flexibility index (Phi) is 3.64. The number of nitrogens with one attached hydrogen (secondary N) is 3. The number of H-pyrrole nitrogens is 3. The maximum atomic E-state index is 5.07. The van der Waals surface area contributed by atoms with Crippen molar-refractivity contribution in [3.63, 3.8) is 0 Å². The molecular formula is C17H13N11OS. The highest BCUT2D eigenvalue weighted by molar-refractivity contribution is 7.13. The summed E-state index contributed by atoms with van der Waals surface area (Å²) in [6.45, 7) is 0. The van der Waals surface area contributed by atoms with Gasteiger partial charge < -0.3 is 14.5 Å². The van der Waals surface area contributed by atoms with E-state index in [0.29, 0.717) is 16.8 Å². The number of hydrogen-bond acceptors (Lipinski definition) is 10. The van der Waals surface area contributed by atoms with Crippen LogP contribution in [0.25, 0.3) is 11.4 Å². The van der Waals surface area contributed by atoms with Crippen molar-refractivity contribution < 1.29 is 4.52 Å². The average molecular weight is 419 g/mol. The molecule has 0 aliphatic carbocycles. The number of aromatic amines is 3. The Balaban J connectivity index is 1.69. The number of aromatic nitrogens is 8. The molecule has 0 radical (unpaired) electrons. The second-order valence-electron chi connectivity index (χ2n) is 6.15. The predicted octanol–water partition coefficient (Wildman–Crippen LogP) is 2.49. The highest BCUT2D eigenvalue weighted by Crippen LogP contribution is 2.45. The van der Waals surface area contributed by atoms with Gasteiger partial charge in [-0.25, -0.2) is 20.0 Å². The highest BCUT2D eigenvalue weighted by Gasteiger charge is 2.44. The maximum Gasteiger partial charge on any atom is 0.226 e. The standard InChI is InChI=1S/C17H13N11OS/c1-2-12(18-4-1)26-15(16-19-6-7-20-16)14(11-3-5-22-23-11)27(13-10-29-25-24-13)28(26)17-21-8-9-30-17/h1-10,18H,(H,19,20)(H,22,23). The summed E-state index contributed by atoms with van der Waals surface area (Å²) >= 11 is 1.48. The molecule has 0 atom stereocenters. The van der Waals surface area contributed by atoms with Gasteiger partial charge in [-0.05, 0) is 18.2 Å². The Bertz CT molecular complexity index is 1160. The van der Waals surface area contributed by atoms with Crippen LogP contribution in [-0.4, -0.2) is 40.5 Å². The van der Waals surface area contributed by atoms with E-state index >= 15 is 0 Å². The number of rotatable bonds is 5. The van der Waals surface area contributed by atoms with E-state index in [1.54, 1.807) is 24.8 Å². The number of imidazole rings is 1. The van der Waals surface area contributed by atoms with E-state index in [1.165, 1.54) is 17.6 Å². The minimum atomic E-state index is 0.466. The zero-order valence-electron chi connectivity index (χ0n) is 15.2. The molecule has 0 aromatic carbocycles. The lowest BCUT2D eigenvalue weighted by Gasteiger charge is -2.34. The molecule has 5 aromatic heterocycles. The van der Waals surface area contributed by atoms with Gasteiger partial charge in [0, 0.05) is 41.6 Å². The van der Waals surface area contributed by atoms with Crippen LogP contribution in [0.2, 0.25) is 0 Å². The summed E-state index contributed by atoms with van der Waals surface area (Å²) in [6, 6.07) is 5.75. The molecule has 6 rings (SSSR count). The lowest BCUT2D eigenvalue weighted by Crippen LogP contribution is -2.47. The monoisotopic (exact) mass is 419 g/mol. The molecule has 0 saturated carbocycles. The summed E-state index contributed by atoms with van der Waals surface area (Å²) in [4.78, 5) is 15.5. The Morgan fingerprint density at radius 1 is 0.967 bits per heavy atom. The van der Waals surface area contributed by atoms with E-state index in [4.69, 9.17) is 4.52 Å². The van der Waals surface area contributed by atoms with Crippen LogP contribution in [0.4, 0.5) is 16.8 Å². The van der Waals surface area contributed by atoms with Crippen molar-refractivity contribution >= 4 is 39.5 Å². The summed E-state index contributed by atoms with van der Waals surface area (Å²) in [5.41, 5.74) is 2.24. The molecule has 0 unspecified atom stereocenters. The summed E-state index contributed by atoms with van der Waals surface area (Å²) in [7, 11) is 0. The summed E-state index contributed by atoms with van der Waals surface area (Å²) in [5.74, 6) is 1.91. The minimum absolute atomic E-state index is 0.466. The van der Waals surface area contributed by atoms with Crippen LogP contribution < -0.4 is 15.1 Å². The molecule has 148 valence electrons. The van der Waals surface area contributed by atoms with Gasteiger partial charge in [0.05, 0.1) is 5.69 Å². The van der Waals surface area contributed by atoms with Gasteiger partial charge in [0.2, 0.25) is 10.9 Å². The molecular weight excluding hydrogens is 406 g/mol. The summed E-state index contributed by atoms with van der Waals surface area (Å²) in [6.07, 6.45) is 10.2. The van der Waals surface area contributed by atoms with Crippen LogP contribution >= 0.6 is 11.3 Å². The molecule has 0 bridgehead atoms. The predicted molar refractivity (Wildman–Crippen MR) is 109 cm³/mol. The quantitative estimate of drug-likeness (QED) is 0.393. The van der Waals surface area contributed by atoms with Gasteiger partial charge >= 0.3 is 0 Å². The Hall–Kier alpha value is -4.39. The Labute approximate surface area is 172 Å². The molecule has 1 aliphatic heterocycles. The molecule has 13 heteroatoms. The van der Waals surface area contributed by atoms with E-state index in [0.717, 1.165) is 22.9 Å². The van der Waals surface area contributed by atoms with Gasteiger partial charge in [0.25, 0.3) is 0 Å². The molecule has 0 spiro atoms. The second kappa shape index (κ2) is 6.59. The fourth-order valence-electron chi connectivity index (χ4n) is 3.34. The first-order valence-electron chi connectivity index (χ1n) is 8.86. The van der Waals surface area contributed by atoms with Gasteiger partial charge in [-0.1, -0.05) is 5.10 Å². The third-order valence-electron chi connectivity index (χ3n) is 4.47. The lowest BCUT2D eigenvalue weighted by atomic mass is 10.2. The van der Waals surface area contributed by atoms with Crippen molar-refractivity contribution in [2.45, 2.75) is 0 Å². The number of thiazole rings is 1. The number of anilines is 3. The average Bonchev–Trinajstić information content (AvgIpc) is 3.61. The van der Waals surface area contributed by atoms with Crippen molar-refractivity contribution in [2.24, 2.45) is 0 Å². The van der Waals surface area contributed by atoms with Crippen molar-refractivity contribution in [3.05, 3.63) is 72.3 Å². The third-order valence-corrected chi connectivity index (χ3v) is 5.21. The van der Waals surface area contributed by atoms with Crippen molar-refractivity contribution in [1.29, 1.82) is 0 Å². The van der Waals surface area contributed by atoms with E-state index in [9.17, 15) is 0 Å². The molecule has 1 aliphatic rings. The fourth-order valence-corrected chi connectivity index (χ4v) is 3.96.